The molecule has 1 unspecified atom stereocenters. The number of halogens is 1. The lowest BCUT2D eigenvalue weighted by atomic mass is 9.98. The molecule has 23 heavy (non-hydrogen) atoms. The molecular weight excluding hydrogens is 318 g/mol. The third-order valence-corrected chi connectivity index (χ3v) is 4.34. The van der Waals surface area contributed by atoms with Crippen molar-refractivity contribution in [3.63, 3.8) is 0 Å². The number of aliphatic carboxylic acids is 1. The number of rotatable bonds is 5. The van der Waals surface area contributed by atoms with Crippen LogP contribution in [-0.4, -0.2) is 41.1 Å². The van der Waals surface area contributed by atoms with Gasteiger partial charge in [0.25, 0.3) is 0 Å². The van der Waals surface area contributed by atoms with E-state index in [0.29, 0.717) is 18.2 Å². The second kappa shape index (κ2) is 7.79. The molecule has 1 aromatic rings. The Kier molecular flexibility index (Phi) is 6.02. The molecule has 0 radical (unpaired) electrons. The van der Waals surface area contributed by atoms with Gasteiger partial charge < -0.3 is 14.7 Å². The summed E-state index contributed by atoms with van der Waals surface area (Å²) < 4.78 is 5.83. The molecule has 5 nitrogen and oxygen atoms in total. The van der Waals surface area contributed by atoms with Gasteiger partial charge in [0.15, 0.2) is 0 Å². The number of hydrogen-bond donors (Lipinski definition) is 1. The van der Waals surface area contributed by atoms with Crippen LogP contribution in [0.25, 0.3) is 0 Å². The number of carboxylic acid groups (broad SMARTS) is 1. The lowest BCUT2D eigenvalue weighted by Gasteiger charge is -2.40. The number of hydrogen-bond acceptors (Lipinski definition) is 3. The molecule has 1 fully saturated rings. The molecule has 0 aliphatic carbocycles. The molecule has 1 saturated heterocycles. The highest BCUT2D eigenvalue weighted by molar-refractivity contribution is 6.30. The van der Waals surface area contributed by atoms with Gasteiger partial charge in [-0.25, -0.2) is 0 Å². The van der Waals surface area contributed by atoms with Gasteiger partial charge in [-0.05, 0) is 30.5 Å². The van der Waals surface area contributed by atoms with Gasteiger partial charge in [-0.1, -0.05) is 30.7 Å². The summed E-state index contributed by atoms with van der Waals surface area (Å²) in [6.45, 7) is 4.72. The molecule has 0 spiro atoms. The summed E-state index contributed by atoms with van der Waals surface area (Å²) in [5, 5.41) is 9.45. The van der Waals surface area contributed by atoms with E-state index in [1.165, 1.54) is 0 Å². The van der Waals surface area contributed by atoms with Crippen LogP contribution in [0.1, 0.15) is 38.4 Å². The molecular formula is C17H22ClNO4. The van der Waals surface area contributed by atoms with Crippen LogP contribution < -0.4 is 0 Å². The topological polar surface area (TPSA) is 66.8 Å². The summed E-state index contributed by atoms with van der Waals surface area (Å²) in [4.78, 5) is 25.0. The largest absolute Gasteiger partial charge is 0.481 e. The molecule has 1 aliphatic heterocycles. The van der Waals surface area contributed by atoms with Gasteiger partial charge in [-0.2, -0.15) is 0 Å². The van der Waals surface area contributed by atoms with Crippen molar-refractivity contribution in [1.82, 2.24) is 4.90 Å². The van der Waals surface area contributed by atoms with E-state index in [-0.39, 0.29) is 36.8 Å². The molecule has 0 saturated carbocycles. The summed E-state index contributed by atoms with van der Waals surface area (Å²) in [7, 11) is 0. The highest BCUT2D eigenvalue weighted by atomic mass is 35.5. The molecule has 1 heterocycles. The maximum Gasteiger partial charge on any atom is 0.303 e. The van der Waals surface area contributed by atoms with Crippen LogP contribution in [0, 0.1) is 5.92 Å². The zero-order valence-corrected chi connectivity index (χ0v) is 14.1. The van der Waals surface area contributed by atoms with E-state index in [2.05, 4.69) is 0 Å². The Bertz CT molecular complexity index is 577. The van der Waals surface area contributed by atoms with Crippen LogP contribution in [0.3, 0.4) is 0 Å². The zero-order valence-electron chi connectivity index (χ0n) is 13.4. The predicted molar refractivity (Wildman–Crippen MR) is 87.4 cm³/mol. The van der Waals surface area contributed by atoms with Gasteiger partial charge in [0.2, 0.25) is 5.91 Å². The number of carboxylic acids is 1. The van der Waals surface area contributed by atoms with E-state index >= 15 is 0 Å². The smallest absolute Gasteiger partial charge is 0.303 e. The first-order chi connectivity index (χ1) is 10.9. The Morgan fingerprint density at radius 3 is 2.83 bits per heavy atom. The third-order valence-electron chi connectivity index (χ3n) is 4.10. The number of benzene rings is 1. The highest BCUT2D eigenvalue weighted by Crippen LogP contribution is 2.30. The van der Waals surface area contributed by atoms with Gasteiger partial charge in [-0.3, -0.25) is 9.59 Å². The number of carbonyl (C=O) groups excluding carboxylic acids is 1. The van der Waals surface area contributed by atoms with E-state index < -0.39 is 5.97 Å². The second-order valence-electron chi connectivity index (χ2n) is 6.08. The van der Waals surface area contributed by atoms with E-state index in [4.69, 9.17) is 21.4 Å². The van der Waals surface area contributed by atoms with Gasteiger partial charge in [-0.15, -0.1) is 0 Å². The summed E-state index contributed by atoms with van der Waals surface area (Å²) in [6.07, 6.45) is 0.0161. The Balaban J connectivity index is 2.05. The molecule has 1 N–H and O–H groups in total. The zero-order chi connectivity index (χ0) is 17.0. The van der Waals surface area contributed by atoms with Gasteiger partial charge in [0, 0.05) is 24.4 Å². The van der Waals surface area contributed by atoms with Crippen LogP contribution in [-0.2, 0) is 14.3 Å². The van der Waals surface area contributed by atoms with E-state index in [0.717, 1.165) is 5.56 Å². The van der Waals surface area contributed by atoms with Crippen LogP contribution in [0.2, 0.25) is 5.02 Å². The number of nitrogens with zero attached hydrogens (tertiary/aromatic N) is 1. The average Bonchev–Trinajstić information content (AvgIpc) is 2.46. The summed E-state index contributed by atoms with van der Waals surface area (Å²) >= 11 is 6.04. The molecule has 6 heteroatoms. The highest BCUT2D eigenvalue weighted by Gasteiger charge is 2.33. The van der Waals surface area contributed by atoms with E-state index in [1.54, 1.807) is 17.9 Å². The molecule has 2 rings (SSSR count). The first-order valence-corrected chi connectivity index (χ1v) is 8.14. The number of carbonyl (C=O) groups is 2. The lowest BCUT2D eigenvalue weighted by molar-refractivity contribution is -0.147. The minimum atomic E-state index is -0.878. The fourth-order valence-corrected chi connectivity index (χ4v) is 3.18. The maximum atomic E-state index is 12.5. The van der Waals surface area contributed by atoms with Crippen molar-refractivity contribution in [2.75, 3.05) is 13.2 Å². The van der Waals surface area contributed by atoms with Crippen LogP contribution in [0.5, 0.6) is 0 Å². The van der Waals surface area contributed by atoms with Gasteiger partial charge in [0.05, 0.1) is 12.6 Å². The third kappa shape index (κ3) is 4.69. The SMILES string of the molecule is CC(CC(=O)O)CC(=O)N1CCO[C@H](c2cccc(Cl)c2)[C@H]1C. The van der Waals surface area contributed by atoms with Crippen molar-refractivity contribution in [3.8, 4) is 0 Å². The van der Waals surface area contributed by atoms with Crippen molar-refractivity contribution in [1.29, 1.82) is 0 Å². The van der Waals surface area contributed by atoms with E-state index in [9.17, 15) is 9.59 Å². The second-order valence-corrected chi connectivity index (χ2v) is 6.52. The first kappa shape index (κ1) is 17.8. The molecule has 126 valence electrons. The number of amides is 1. The molecule has 3 atom stereocenters. The van der Waals surface area contributed by atoms with Gasteiger partial charge in [0.1, 0.15) is 6.10 Å². The summed E-state index contributed by atoms with van der Waals surface area (Å²) in [5.74, 6) is -1.08. The normalized spacial score (nSPS) is 22.7. The van der Waals surface area contributed by atoms with Crippen molar-refractivity contribution < 1.29 is 19.4 Å². The molecule has 0 aromatic heterocycles. The predicted octanol–water partition coefficient (Wildman–Crippen LogP) is 3.13. The Morgan fingerprint density at radius 1 is 1.43 bits per heavy atom. The molecule has 1 aromatic carbocycles. The maximum absolute atomic E-state index is 12.5. The van der Waals surface area contributed by atoms with Crippen molar-refractivity contribution >= 4 is 23.5 Å². The number of ether oxygens (including phenoxy) is 1. The fourth-order valence-electron chi connectivity index (χ4n) is 2.98. The van der Waals surface area contributed by atoms with E-state index in [1.807, 2.05) is 25.1 Å². The molecule has 0 bridgehead atoms. The van der Waals surface area contributed by atoms with Crippen LogP contribution in [0.15, 0.2) is 24.3 Å². The Labute approximate surface area is 141 Å². The standard InChI is InChI=1S/C17H22ClNO4/c1-11(9-16(21)22)8-15(20)19-6-7-23-17(12(19)2)13-4-3-5-14(18)10-13/h3-5,10-12,17H,6-9H2,1-2H3,(H,21,22)/t11?,12-,17+/m1/s1. The molecule has 1 aliphatic rings. The Hall–Kier alpha value is -1.59. The Morgan fingerprint density at radius 2 is 2.17 bits per heavy atom. The van der Waals surface area contributed by atoms with Crippen molar-refractivity contribution in [3.05, 3.63) is 34.9 Å². The lowest BCUT2D eigenvalue weighted by Crippen LogP contribution is -2.49. The number of morpholine rings is 1. The quantitative estimate of drug-likeness (QED) is 0.895. The first-order valence-electron chi connectivity index (χ1n) is 7.76. The van der Waals surface area contributed by atoms with Crippen LogP contribution in [0.4, 0.5) is 0 Å². The fraction of sp³-hybridized carbons (Fsp3) is 0.529. The van der Waals surface area contributed by atoms with Crippen molar-refractivity contribution in [2.24, 2.45) is 5.92 Å². The monoisotopic (exact) mass is 339 g/mol. The summed E-state index contributed by atoms with van der Waals surface area (Å²) in [6, 6.07) is 7.34. The molecule has 1 amide bonds. The van der Waals surface area contributed by atoms with Crippen molar-refractivity contribution in [2.45, 2.75) is 38.8 Å². The minimum Gasteiger partial charge on any atom is -0.481 e. The van der Waals surface area contributed by atoms with Gasteiger partial charge >= 0.3 is 5.97 Å². The average molecular weight is 340 g/mol. The van der Waals surface area contributed by atoms with Crippen LogP contribution >= 0.6 is 11.6 Å². The summed E-state index contributed by atoms with van der Waals surface area (Å²) in [5.41, 5.74) is 0.945. The minimum absolute atomic E-state index is 0.00217.